The van der Waals surface area contributed by atoms with Gasteiger partial charge in [-0.25, -0.2) is 0 Å². The molecule has 1 aromatic heterocycles. The minimum absolute atomic E-state index is 0.0356. The third-order valence-corrected chi connectivity index (χ3v) is 4.39. The molecule has 4 heteroatoms. The van der Waals surface area contributed by atoms with Crippen molar-refractivity contribution >= 4 is 17.4 Å². The summed E-state index contributed by atoms with van der Waals surface area (Å²) in [5.41, 5.74) is 5.09. The zero-order valence-corrected chi connectivity index (χ0v) is 15.8. The molecule has 1 aromatic carbocycles. The predicted octanol–water partition coefficient (Wildman–Crippen LogP) is 4.59. The van der Waals surface area contributed by atoms with Crippen molar-refractivity contribution in [3.8, 4) is 0 Å². The van der Waals surface area contributed by atoms with Crippen LogP contribution in [-0.4, -0.2) is 16.7 Å². The van der Waals surface area contributed by atoms with Gasteiger partial charge in [0.25, 0.3) is 0 Å². The van der Waals surface area contributed by atoms with Gasteiger partial charge in [0.05, 0.1) is 17.3 Å². The minimum Gasteiger partial charge on any atom is -0.324 e. The molecule has 0 aliphatic heterocycles. The number of aromatic nitrogens is 1. The Labute approximate surface area is 149 Å². The van der Waals surface area contributed by atoms with E-state index in [0.29, 0.717) is 5.56 Å². The normalized spacial score (nSPS) is 12.1. The summed E-state index contributed by atoms with van der Waals surface area (Å²) >= 11 is 0. The highest BCUT2D eigenvalue weighted by Gasteiger charge is 2.18. The molecule has 0 saturated heterocycles. The number of amides is 1. The van der Waals surface area contributed by atoms with Crippen molar-refractivity contribution in [1.29, 1.82) is 0 Å². The molecule has 4 nitrogen and oxygen atoms in total. The highest BCUT2D eigenvalue weighted by atomic mass is 16.2. The van der Waals surface area contributed by atoms with Crippen LogP contribution < -0.4 is 5.32 Å². The van der Waals surface area contributed by atoms with E-state index in [-0.39, 0.29) is 23.5 Å². The highest BCUT2D eigenvalue weighted by molar-refractivity contribution is 5.98. The average molecular weight is 338 g/mol. The number of ketones is 1. The number of anilines is 1. The molecule has 0 radical (unpaired) electrons. The van der Waals surface area contributed by atoms with E-state index < -0.39 is 0 Å². The van der Waals surface area contributed by atoms with Crippen LogP contribution in [0, 0.1) is 26.7 Å². The number of carbonyl (C=O) groups is 2. The number of pyridine rings is 1. The summed E-state index contributed by atoms with van der Waals surface area (Å²) in [6.45, 7) is 11.4. The molecule has 1 heterocycles. The lowest BCUT2D eigenvalue weighted by molar-refractivity contribution is -0.117. The van der Waals surface area contributed by atoms with Crippen molar-refractivity contribution in [3.05, 3.63) is 58.4 Å². The van der Waals surface area contributed by atoms with Crippen LogP contribution >= 0.6 is 0 Å². The first kappa shape index (κ1) is 18.8. The molecule has 0 aliphatic rings. The topological polar surface area (TPSA) is 59.1 Å². The predicted molar refractivity (Wildman–Crippen MR) is 101 cm³/mol. The van der Waals surface area contributed by atoms with E-state index in [1.807, 2.05) is 59.7 Å². The first-order valence-electron chi connectivity index (χ1n) is 8.60. The standard InChI is InChI=1S/C21H26N2O2/c1-12(2)20(24)18-9-7-17(8-10-18)15(5)21(25)23-19-13(3)11-14(4)22-16(19)6/h7-12,15H,1-6H3,(H,23,25). The lowest BCUT2D eigenvalue weighted by Crippen LogP contribution is -2.20. The molecule has 132 valence electrons. The van der Waals surface area contributed by atoms with Gasteiger partial charge >= 0.3 is 0 Å². The summed E-state index contributed by atoms with van der Waals surface area (Å²) in [5.74, 6) is -0.324. The maximum absolute atomic E-state index is 12.6. The summed E-state index contributed by atoms with van der Waals surface area (Å²) in [5, 5.41) is 2.99. The lowest BCUT2D eigenvalue weighted by Gasteiger charge is -2.16. The minimum atomic E-state index is -0.316. The van der Waals surface area contributed by atoms with Crippen molar-refractivity contribution < 1.29 is 9.59 Å². The fraction of sp³-hybridized carbons (Fsp3) is 0.381. The number of carbonyl (C=O) groups excluding carboxylic acids is 2. The van der Waals surface area contributed by atoms with Crippen molar-refractivity contribution in [2.75, 3.05) is 5.32 Å². The maximum Gasteiger partial charge on any atom is 0.231 e. The van der Waals surface area contributed by atoms with E-state index in [4.69, 9.17) is 0 Å². The van der Waals surface area contributed by atoms with Crippen LogP contribution in [0.3, 0.4) is 0 Å². The van der Waals surface area contributed by atoms with Crippen LogP contribution in [0.2, 0.25) is 0 Å². The van der Waals surface area contributed by atoms with E-state index in [1.54, 1.807) is 12.1 Å². The van der Waals surface area contributed by atoms with Gasteiger partial charge in [0.15, 0.2) is 5.78 Å². The van der Waals surface area contributed by atoms with Crippen LogP contribution in [0.4, 0.5) is 5.69 Å². The Morgan fingerprint density at radius 2 is 1.60 bits per heavy atom. The molecule has 0 fully saturated rings. The number of nitrogens with one attached hydrogen (secondary N) is 1. The van der Waals surface area contributed by atoms with Gasteiger partial charge in [-0.1, -0.05) is 38.1 Å². The monoisotopic (exact) mass is 338 g/mol. The smallest absolute Gasteiger partial charge is 0.231 e. The van der Waals surface area contributed by atoms with Gasteiger partial charge < -0.3 is 5.32 Å². The summed E-state index contributed by atoms with van der Waals surface area (Å²) in [6, 6.07) is 9.26. The molecule has 0 spiro atoms. The number of aryl methyl sites for hydroxylation is 3. The van der Waals surface area contributed by atoms with Gasteiger partial charge in [0.2, 0.25) is 5.91 Å². The summed E-state index contributed by atoms with van der Waals surface area (Å²) < 4.78 is 0. The van der Waals surface area contributed by atoms with Crippen LogP contribution in [0.5, 0.6) is 0 Å². The average Bonchev–Trinajstić information content (AvgIpc) is 2.56. The Bertz CT molecular complexity index is 769. The zero-order chi connectivity index (χ0) is 18.7. The van der Waals surface area contributed by atoms with Crippen molar-refractivity contribution in [1.82, 2.24) is 4.98 Å². The van der Waals surface area contributed by atoms with Gasteiger partial charge in [-0.2, -0.15) is 0 Å². The van der Waals surface area contributed by atoms with Gasteiger partial charge in [-0.15, -0.1) is 0 Å². The van der Waals surface area contributed by atoms with E-state index >= 15 is 0 Å². The maximum atomic E-state index is 12.6. The molecular formula is C21H26N2O2. The second kappa shape index (κ2) is 7.60. The second-order valence-electron chi connectivity index (χ2n) is 6.89. The Balaban J connectivity index is 2.16. The Hall–Kier alpha value is -2.49. The Morgan fingerprint density at radius 1 is 1.00 bits per heavy atom. The first-order valence-corrected chi connectivity index (χ1v) is 8.60. The molecule has 25 heavy (non-hydrogen) atoms. The number of benzene rings is 1. The zero-order valence-electron chi connectivity index (χ0n) is 15.8. The third kappa shape index (κ3) is 4.32. The largest absolute Gasteiger partial charge is 0.324 e. The molecule has 1 N–H and O–H groups in total. The van der Waals surface area contributed by atoms with E-state index in [1.165, 1.54) is 0 Å². The highest BCUT2D eigenvalue weighted by Crippen LogP contribution is 2.23. The molecule has 1 amide bonds. The van der Waals surface area contributed by atoms with Gasteiger partial charge in [-0.05, 0) is 44.9 Å². The number of nitrogens with zero attached hydrogens (tertiary/aromatic N) is 1. The first-order chi connectivity index (χ1) is 11.7. The number of hydrogen-bond donors (Lipinski definition) is 1. The summed E-state index contributed by atoms with van der Waals surface area (Å²) in [4.78, 5) is 29.1. The second-order valence-corrected chi connectivity index (χ2v) is 6.89. The van der Waals surface area contributed by atoms with E-state index in [2.05, 4.69) is 10.3 Å². The fourth-order valence-electron chi connectivity index (χ4n) is 2.86. The van der Waals surface area contributed by atoms with Crippen LogP contribution in [-0.2, 0) is 4.79 Å². The van der Waals surface area contributed by atoms with E-state index in [0.717, 1.165) is 28.2 Å². The van der Waals surface area contributed by atoms with Crippen LogP contribution in [0.15, 0.2) is 30.3 Å². The lowest BCUT2D eigenvalue weighted by atomic mass is 9.95. The number of hydrogen-bond acceptors (Lipinski definition) is 3. The van der Waals surface area contributed by atoms with Crippen molar-refractivity contribution in [2.24, 2.45) is 5.92 Å². The van der Waals surface area contributed by atoms with E-state index in [9.17, 15) is 9.59 Å². The molecule has 1 unspecified atom stereocenters. The Morgan fingerprint density at radius 3 is 2.12 bits per heavy atom. The molecular weight excluding hydrogens is 312 g/mol. The van der Waals surface area contributed by atoms with Crippen molar-refractivity contribution in [2.45, 2.75) is 47.5 Å². The molecule has 0 bridgehead atoms. The number of Topliss-reactive ketones (excluding diaryl/α,β-unsaturated/α-hetero) is 1. The van der Waals surface area contributed by atoms with Crippen molar-refractivity contribution in [3.63, 3.8) is 0 Å². The van der Waals surface area contributed by atoms with Crippen LogP contribution in [0.25, 0.3) is 0 Å². The van der Waals surface area contributed by atoms with Gasteiger partial charge in [0, 0.05) is 17.2 Å². The SMILES string of the molecule is Cc1cc(C)c(NC(=O)C(C)c2ccc(C(=O)C(C)C)cc2)c(C)n1. The molecule has 0 aliphatic carbocycles. The van der Waals surface area contributed by atoms with Crippen LogP contribution in [0.1, 0.15) is 59.6 Å². The fourth-order valence-corrected chi connectivity index (χ4v) is 2.86. The molecule has 0 saturated carbocycles. The van der Waals surface area contributed by atoms with Gasteiger partial charge in [0.1, 0.15) is 0 Å². The van der Waals surface area contributed by atoms with Gasteiger partial charge in [-0.3, -0.25) is 14.6 Å². The quantitative estimate of drug-likeness (QED) is 0.811. The Kier molecular flexibility index (Phi) is 5.73. The molecule has 1 atom stereocenters. The number of rotatable bonds is 5. The summed E-state index contributed by atoms with van der Waals surface area (Å²) in [6.07, 6.45) is 0. The summed E-state index contributed by atoms with van der Waals surface area (Å²) in [7, 11) is 0. The molecule has 2 aromatic rings. The molecule has 2 rings (SSSR count). The third-order valence-electron chi connectivity index (χ3n) is 4.39.